The van der Waals surface area contributed by atoms with E-state index in [1.165, 1.54) is 16.1 Å². The number of halogens is 2. The van der Waals surface area contributed by atoms with Crippen LogP contribution in [0.4, 0.5) is 0 Å². The van der Waals surface area contributed by atoms with E-state index in [1.807, 2.05) is 0 Å². The van der Waals surface area contributed by atoms with Crippen molar-refractivity contribution in [3.63, 3.8) is 0 Å². The van der Waals surface area contributed by atoms with Crippen molar-refractivity contribution in [3.05, 3.63) is 35.4 Å². The number of hydrogen-bond acceptors (Lipinski definition) is 0. The molecule has 0 heterocycles. The summed E-state index contributed by atoms with van der Waals surface area (Å²) in [7, 11) is 5.80. The Morgan fingerprint density at radius 3 is 2.55 bits per heavy atom. The van der Waals surface area contributed by atoms with Gasteiger partial charge in [0.25, 0.3) is 0 Å². The molecule has 1 rings (SSSR count). The van der Waals surface area contributed by atoms with Crippen LogP contribution in [0.25, 0.3) is 0 Å². The smallest absolute Gasteiger partial charge is 0.147 e. The van der Waals surface area contributed by atoms with Crippen molar-refractivity contribution >= 4 is 22.1 Å². The second-order valence-electron chi connectivity index (χ2n) is 2.37. The van der Waals surface area contributed by atoms with Gasteiger partial charge < -0.3 is 0 Å². The minimum atomic E-state index is -0.700. The Bertz CT molecular complexity index is 213. The average molecular weight is 242 g/mol. The van der Waals surface area contributed by atoms with E-state index >= 15 is 0 Å². The van der Waals surface area contributed by atoms with Gasteiger partial charge in [0.2, 0.25) is 0 Å². The molecular weight excluding hydrogens is 232 g/mol. The SMILES string of the molecule is Cc1ccccc1[CH2][Zn][Cl].Cl. The van der Waals surface area contributed by atoms with Crippen LogP contribution in [0.5, 0.6) is 0 Å². The minimum Gasteiger partial charge on any atom is -0.147 e. The Labute approximate surface area is 85.4 Å². The molecule has 0 aliphatic carbocycles. The van der Waals surface area contributed by atoms with E-state index in [-0.39, 0.29) is 12.4 Å². The summed E-state index contributed by atoms with van der Waals surface area (Å²) < 4.78 is 0. The summed E-state index contributed by atoms with van der Waals surface area (Å²) in [6, 6.07) is 8.46. The number of hydrogen-bond donors (Lipinski definition) is 0. The standard InChI is InChI=1S/C8H9.2ClH.Zn/c1-7-5-3-4-6-8(7)2;;;/h3-6H,1H2,2H3;2*1H;/q;;;+1/p-1. The predicted octanol–water partition coefficient (Wildman–Crippen LogP) is 3.15. The van der Waals surface area contributed by atoms with Crippen molar-refractivity contribution in [1.29, 1.82) is 0 Å². The van der Waals surface area contributed by atoms with Crippen molar-refractivity contribution in [2.45, 2.75) is 11.9 Å². The molecular formula is C8H10Cl2Zn. The molecule has 0 unspecified atom stereocenters. The molecule has 0 spiro atoms. The maximum Gasteiger partial charge on any atom is -0.147 e. The van der Waals surface area contributed by atoms with Gasteiger partial charge in [0.1, 0.15) is 0 Å². The van der Waals surface area contributed by atoms with Crippen LogP contribution < -0.4 is 0 Å². The maximum atomic E-state index is 5.80. The fraction of sp³-hybridized carbons (Fsp3) is 0.250. The molecule has 0 bridgehead atoms. The Kier molecular flexibility index (Phi) is 6.23. The average Bonchev–Trinajstić information content (AvgIpc) is 1.94. The van der Waals surface area contributed by atoms with Gasteiger partial charge in [0.15, 0.2) is 0 Å². The number of rotatable bonds is 2. The van der Waals surface area contributed by atoms with Crippen LogP contribution >= 0.6 is 22.1 Å². The van der Waals surface area contributed by atoms with Crippen LogP contribution in [0, 0.1) is 6.92 Å². The summed E-state index contributed by atoms with van der Waals surface area (Å²) in [4.78, 5) is 0. The minimum absolute atomic E-state index is 0. The van der Waals surface area contributed by atoms with Gasteiger partial charge >= 0.3 is 73.2 Å². The maximum absolute atomic E-state index is 5.80. The van der Waals surface area contributed by atoms with Gasteiger partial charge in [-0.25, -0.2) is 0 Å². The van der Waals surface area contributed by atoms with E-state index in [0.29, 0.717) is 0 Å². The third-order valence-electron chi connectivity index (χ3n) is 1.63. The fourth-order valence-corrected chi connectivity index (χ4v) is 3.65. The summed E-state index contributed by atoms with van der Waals surface area (Å²) in [5.41, 5.74) is 2.83. The van der Waals surface area contributed by atoms with Crippen LogP contribution in [0.15, 0.2) is 24.3 Å². The molecule has 0 fully saturated rings. The molecule has 1 aromatic rings. The number of benzene rings is 1. The van der Waals surface area contributed by atoms with E-state index in [9.17, 15) is 0 Å². The van der Waals surface area contributed by atoms with E-state index < -0.39 is 16.1 Å². The van der Waals surface area contributed by atoms with Gasteiger partial charge in [-0.3, -0.25) is 0 Å². The molecule has 58 valence electrons. The van der Waals surface area contributed by atoms with E-state index in [2.05, 4.69) is 31.2 Å². The van der Waals surface area contributed by atoms with Crippen LogP contribution in [-0.2, 0) is 21.2 Å². The first-order valence-corrected chi connectivity index (χ1v) is 9.45. The zero-order valence-corrected chi connectivity index (χ0v) is 11.0. The largest absolute Gasteiger partial charge is 0.147 e. The Morgan fingerprint density at radius 2 is 2.00 bits per heavy atom. The Balaban J connectivity index is 0.000001000. The molecule has 0 radical (unpaired) electrons. The molecule has 0 amide bonds. The molecule has 0 nitrogen and oxygen atoms in total. The van der Waals surface area contributed by atoms with E-state index in [1.54, 1.807) is 0 Å². The molecule has 0 N–H and O–H groups in total. The summed E-state index contributed by atoms with van der Waals surface area (Å²) in [5.74, 6) is 0. The summed E-state index contributed by atoms with van der Waals surface area (Å²) >= 11 is -0.700. The first kappa shape index (κ1) is 11.4. The monoisotopic (exact) mass is 240 g/mol. The third kappa shape index (κ3) is 3.56. The molecule has 0 aromatic heterocycles. The first-order valence-electron chi connectivity index (χ1n) is 3.45. The van der Waals surface area contributed by atoms with Gasteiger partial charge in [-0.15, -0.1) is 12.4 Å². The molecule has 1 aromatic carbocycles. The zero-order chi connectivity index (χ0) is 7.40. The summed E-state index contributed by atoms with van der Waals surface area (Å²) in [6.07, 6.45) is 0. The van der Waals surface area contributed by atoms with Crippen molar-refractivity contribution in [2.24, 2.45) is 0 Å². The van der Waals surface area contributed by atoms with E-state index in [0.717, 1.165) is 0 Å². The van der Waals surface area contributed by atoms with Crippen molar-refractivity contribution < 1.29 is 16.1 Å². The Hall–Kier alpha value is 0.423. The van der Waals surface area contributed by atoms with Crippen molar-refractivity contribution in [2.75, 3.05) is 0 Å². The van der Waals surface area contributed by atoms with Crippen molar-refractivity contribution in [1.82, 2.24) is 0 Å². The van der Waals surface area contributed by atoms with Gasteiger partial charge in [0, 0.05) is 0 Å². The van der Waals surface area contributed by atoms with Gasteiger partial charge in [-0.2, -0.15) is 0 Å². The summed E-state index contributed by atoms with van der Waals surface area (Å²) in [5, 5.41) is 1.17. The normalized spacial score (nSPS) is 8.18. The fourth-order valence-electron chi connectivity index (χ4n) is 0.992. The molecule has 11 heavy (non-hydrogen) atoms. The van der Waals surface area contributed by atoms with Gasteiger partial charge in [0.05, 0.1) is 0 Å². The molecule has 0 aliphatic rings. The van der Waals surface area contributed by atoms with E-state index in [4.69, 9.17) is 9.69 Å². The topological polar surface area (TPSA) is 0 Å². The third-order valence-corrected chi connectivity index (χ3v) is 4.13. The predicted molar refractivity (Wildman–Crippen MR) is 48.0 cm³/mol. The quantitative estimate of drug-likeness (QED) is 0.699. The van der Waals surface area contributed by atoms with Crippen LogP contribution in [0.3, 0.4) is 0 Å². The van der Waals surface area contributed by atoms with Crippen molar-refractivity contribution in [3.8, 4) is 0 Å². The van der Waals surface area contributed by atoms with Crippen LogP contribution in [-0.4, -0.2) is 0 Å². The second kappa shape index (κ2) is 6.00. The second-order valence-corrected chi connectivity index (χ2v) is 6.17. The molecule has 0 saturated heterocycles. The van der Waals surface area contributed by atoms with Crippen LogP contribution in [0.2, 0.25) is 0 Å². The molecule has 0 aliphatic heterocycles. The first-order chi connectivity index (χ1) is 4.84. The molecule has 3 heteroatoms. The number of aryl methyl sites for hydroxylation is 1. The molecule has 0 atom stereocenters. The van der Waals surface area contributed by atoms with Crippen LogP contribution in [0.1, 0.15) is 11.1 Å². The zero-order valence-electron chi connectivity index (χ0n) is 6.51. The van der Waals surface area contributed by atoms with Gasteiger partial charge in [-0.1, -0.05) is 0 Å². The van der Waals surface area contributed by atoms with Gasteiger partial charge in [-0.05, 0) is 0 Å². The summed E-state index contributed by atoms with van der Waals surface area (Å²) in [6.45, 7) is 2.14. The Morgan fingerprint density at radius 1 is 1.36 bits per heavy atom. The molecule has 0 saturated carbocycles.